The van der Waals surface area contributed by atoms with E-state index in [-0.39, 0.29) is 51.0 Å². The summed E-state index contributed by atoms with van der Waals surface area (Å²) >= 11 is 0. The Morgan fingerprint density at radius 1 is 1.21 bits per heavy atom. The van der Waals surface area contributed by atoms with Crippen LogP contribution in [-0.2, 0) is 39.0 Å². The Kier molecular flexibility index (Phi) is 17.2. The molecule has 0 N–H and O–H groups in total. The van der Waals surface area contributed by atoms with Crippen molar-refractivity contribution in [3.8, 4) is 0 Å². The Morgan fingerprint density at radius 2 is 1.86 bits per heavy atom. The molecule has 0 aliphatic carbocycles. The molecule has 1 rings (SSSR count). The Morgan fingerprint density at radius 3 is 2.29 bits per heavy atom. The Hall–Kier alpha value is 0.813. The summed E-state index contributed by atoms with van der Waals surface area (Å²) in [6.07, 6.45) is 5.06. The van der Waals surface area contributed by atoms with Crippen molar-refractivity contribution in [3.05, 3.63) is 29.3 Å². The summed E-state index contributed by atoms with van der Waals surface area (Å²) in [5.41, 5.74) is 3.00. The molecular weight excluding hydrogens is 294 g/mol. The van der Waals surface area contributed by atoms with Gasteiger partial charge in [0.15, 0.2) is 0 Å². The van der Waals surface area contributed by atoms with Crippen molar-refractivity contribution in [2.24, 2.45) is 0 Å². The van der Waals surface area contributed by atoms with Crippen molar-refractivity contribution in [2.45, 2.75) is 39.5 Å². The summed E-state index contributed by atoms with van der Waals surface area (Å²) in [4.78, 5) is 0. The standard InChI is InChI=1S/C11H17.2ClH.Zr/c1-3-5-6-11-8-7-10(4-2)9-11;;;/h7-9H,3-6H2,1-2H3;2*1H;/q-1;;;+3/p-2. The van der Waals surface area contributed by atoms with E-state index in [0.717, 1.165) is 0 Å². The first kappa shape index (κ1) is 20.3. The van der Waals surface area contributed by atoms with Crippen molar-refractivity contribution in [1.82, 2.24) is 0 Å². The molecule has 1 aromatic rings. The van der Waals surface area contributed by atoms with Gasteiger partial charge in [-0.3, -0.25) is 0 Å². The fraction of sp³-hybridized carbons (Fsp3) is 0.545. The van der Waals surface area contributed by atoms with Gasteiger partial charge in [-0.25, -0.2) is 6.07 Å². The molecule has 0 unspecified atom stereocenters. The Balaban J connectivity index is -0.000000403. The molecule has 0 aliphatic heterocycles. The second-order valence-corrected chi connectivity index (χ2v) is 3.08. The molecule has 0 fully saturated rings. The van der Waals surface area contributed by atoms with E-state index in [1.807, 2.05) is 0 Å². The molecule has 3 heteroatoms. The SMILES string of the molecule is CCCCc1cc[c-](CC)c1.[Cl-].[Cl-].[Zr+3]. The molecule has 0 spiro atoms. The van der Waals surface area contributed by atoms with Crippen molar-refractivity contribution >= 4 is 0 Å². The minimum atomic E-state index is 0. The minimum Gasteiger partial charge on any atom is -1.00 e. The van der Waals surface area contributed by atoms with Crippen LogP contribution >= 0.6 is 0 Å². The number of hydrogen-bond acceptors (Lipinski definition) is 0. The summed E-state index contributed by atoms with van der Waals surface area (Å²) in [5, 5.41) is 0. The van der Waals surface area contributed by atoms with E-state index in [1.165, 1.54) is 36.8 Å². The molecule has 0 nitrogen and oxygen atoms in total. The second-order valence-electron chi connectivity index (χ2n) is 3.08. The van der Waals surface area contributed by atoms with E-state index >= 15 is 0 Å². The topological polar surface area (TPSA) is 0 Å². The van der Waals surface area contributed by atoms with Crippen molar-refractivity contribution in [2.75, 3.05) is 0 Å². The number of halogens is 2. The number of rotatable bonds is 4. The number of hydrogen-bond donors (Lipinski definition) is 0. The summed E-state index contributed by atoms with van der Waals surface area (Å²) in [5.74, 6) is 0. The Labute approximate surface area is 119 Å². The van der Waals surface area contributed by atoms with Crippen LogP contribution in [0.2, 0.25) is 0 Å². The summed E-state index contributed by atoms with van der Waals surface area (Å²) < 4.78 is 0. The van der Waals surface area contributed by atoms with Crippen LogP contribution < -0.4 is 24.8 Å². The molecule has 0 atom stereocenters. The van der Waals surface area contributed by atoms with Crippen molar-refractivity contribution in [3.63, 3.8) is 0 Å². The third kappa shape index (κ3) is 7.15. The van der Waals surface area contributed by atoms with Gasteiger partial charge in [-0.05, 0) is 0 Å². The maximum Gasteiger partial charge on any atom is 3.00 e. The average molecular weight is 311 g/mol. The first-order valence-corrected chi connectivity index (χ1v) is 4.61. The molecule has 79 valence electrons. The van der Waals surface area contributed by atoms with Gasteiger partial charge in [-0.1, -0.05) is 39.5 Å². The van der Waals surface area contributed by atoms with Crippen LogP contribution in [0, 0.1) is 0 Å². The van der Waals surface area contributed by atoms with Crippen LogP contribution in [0.3, 0.4) is 0 Å². The van der Waals surface area contributed by atoms with Gasteiger partial charge in [-0.2, -0.15) is 23.3 Å². The van der Waals surface area contributed by atoms with Gasteiger partial charge >= 0.3 is 26.2 Å². The number of aryl methyl sites for hydroxylation is 2. The molecule has 0 amide bonds. The quantitative estimate of drug-likeness (QED) is 0.532. The first-order valence-electron chi connectivity index (χ1n) is 4.61. The molecule has 0 saturated carbocycles. The molecule has 0 aliphatic rings. The van der Waals surface area contributed by atoms with Gasteiger partial charge in [-0.15, -0.1) is 0 Å². The van der Waals surface area contributed by atoms with E-state index < -0.39 is 0 Å². The molecule has 14 heavy (non-hydrogen) atoms. The number of unbranched alkanes of at least 4 members (excludes halogenated alkanes) is 1. The van der Waals surface area contributed by atoms with Crippen LogP contribution in [0.15, 0.2) is 18.2 Å². The molecule has 1 aromatic carbocycles. The predicted molar refractivity (Wildman–Crippen MR) is 50.0 cm³/mol. The van der Waals surface area contributed by atoms with Crippen molar-refractivity contribution in [1.29, 1.82) is 0 Å². The normalized spacial score (nSPS) is 8.14. The van der Waals surface area contributed by atoms with E-state index in [1.54, 1.807) is 0 Å². The van der Waals surface area contributed by atoms with E-state index in [4.69, 9.17) is 0 Å². The van der Waals surface area contributed by atoms with Gasteiger partial charge < -0.3 is 24.8 Å². The summed E-state index contributed by atoms with van der Waals surface area (Å²) in [6.45, 7) is 4.45. The van der Waals surface area contributed by atoms with Crippen molar-refractivity contribution < 1.29 is 51.0 Å². The predicted octanol–water partition coefficient (Wildman–Crippen LogP) is -2.68. The largest absolute Gasteiger partial charge is 3.00 e. The van der Waals surface area contributed by atoms with Gasteiger partial charge in [0.05, 0.1) is 0 Å². The van der Waals surface area contributed by atoms with E-state index in [2.05, 4.69) is 32.0 Å². The fourth-order valence-corrected chi connectivity index (χ4v) is 1.30. The minimum absolute atomic E-state index is 0. The zero-order chi connectivity index (χ0) is 8.10. The summed E-state index contributed by atoms with van der Waals surface area (Å²) in [6, 6.07) is 6.83. The van der Waals surface area contributed by atoms with Gasteiger partial charge in [0.2, 0.25) is 0 Å². The second kappa shape index (κ2) is 11.9. The van der Waals surface area contributed by atoms with Crippen LogP contribution in [-0.4, -0.2) is 0 Å². The van der Waals surface area contributed by atoms with Crippen LogP contribution in [0.25, 0.3) is 0 Å². The first-order chi connectivity index (χ1) is 5.36. The fourth-order valence-electron chi connectivity index (χ4n) is 1.30. The van der Waals surface area contributed by atoms with E-state index in [9.17, 15) is 0 Å². The molecule has 0 aromatic heterocycles. The monoisotopic (exact) mass is 309 g/mol. The zero-order valence-electron chi connectivity index (χ0n) is 8.82. The van der Waals surface area contributed by atoms with Crippen LogP contribution in [0.4, 0.5) is 0 Å². The average Bonchev–Trinajstić information content (AvgIpc) is 2.48. The molecule has 0 saturated heterocycles. The van der Waals surface area contributed by atoms with Gasteiger partial charge in [0, 0.05) is 0 Å². The molecule has 0 bridgehead atoms. The Bertz CT molecular complexity index is 209. The smallest absolute Gasteiger partial charge is 1.00 e. The molecular formula is C11H17Cl2Zr. The van der Waals surface area contributed by atoms with Crippen LogP contribution in [0.5, 0.6) is 0 Å². The molecule has 0 heterocycles. The summed E-state index contributed by atoms with van der Waals surface area (Å²) in [7, 11) is 0. The third-order valence-electron chi connectivity index (χ3n) is 2.11. The zero-order valence-corrected chi connectivity index (χ0v) is 12.8. The third-order valence-corrected chi connectivity index (χ3v) is 2.11. The molecule has 1 radical (unpaired) electrons. The van der Waals surface area contributed by atoms with E-state index in [0.29, 0.717) is 0 Å². The van der Waals surface area contributed by atoms with Gasteiger partial charge in [0.25, 0.3) is 0 Å². The van der Waals surface area contributed by atoms with Crippen LogP contribution in [0.1, 0.15) is 37.8 Å². The maximum absolute atomic E-state index is 2.33. The maximum atomic E-state index is 2.33. The van der Waals surface area contributed by atoms with Gasteiger partial charge in [0.1, 0.15) is 0 Å².